The third-order valence-electron chi connectivity index (χ3n) is 4.30. The van der Waals surface area contributed by atoms with Crippen LogP contribution in [0, 0.1) is 0 Å². The zero-order valence-electron chi connectivity index (χ0n) is 13.1. The molecule has 2 heterocycles. The van der Waals surface area contributed by atoms with Gasteiger partial charge in [-0.25, -0.2) is 4.68 Å². The molecule has 0 bridgehead atoms. The Labute approximate surface area is 151 Å². The molecule has 0 atom stereocenters. The van der Waals surface area contributed by atoms with Gasteiger partial charge in [0.05, 0.1) is 11.4 Å². The van der Waals surface area contributed by atoms with Crippen molar-refractivity contribution in [2.75, 3.05) is 11.9 Å². The van der Waals surface area contributed by atoms with Crippen LogP contribution in [-0.2, 0) is 6.42 Å². The van der Waals surface area contributed by atoms with Gasteiger partial charge in [-0.05, 0) is 49.6 Å². The van der Waals surface area contributed by atoms with Gasteiger partial charge in [-0.1, -0.05) is 41.4 Å². The largest absolute Gasteiger partial charge is 0.370 e. The Bertz CT molecular complexity index is 869. The van der Waals surface area contributed by atoms with Crippen molar-refractivity contribution in [2.45, 2.75) is 19.3 Å². The van der Waals surface area contributed by atoms with Gasteiger partial charge in [-0.3, -0.25) is 0 Å². The third kappa shape index (κ3) is 2.90. The quantitative estimate of drug-likeness (QED) is 0.647. The average Bonchev–Trinajstić information content (AvgIpc) is 2.77. The first kappa shape index (κ1) is 15.6. The van der Waals surface area contributed by atoms with Gasteiger partial charge in [0.15, 0.2) is 0 Å². The lowest BCUT2D eigenvalue weighted by atomic mass is 10.0. The summed E-state index contributed by atoms with van der Waals surface area (Å²) in [5.41, 5.74) is 4.32. The van der Waals surface area contributed by atoms with E-state index in [1.54, 1.807) is 0 Å². The van der Waals surface area contributed by atoms with Crippen molar-refractivity contribution < 1.29 is 0 Å². The van der Waals surface area contributed by atoms with Crippen LogP contribution in [0.4, 0.5) is 5.82 Å². The molecule has 3 aromatic rings. The molecule has 0 aliphatic carbocycles. The first-order valence-electron chi connectivity index (χ1n) is 8.10. The minimum Gasteiger partial charge on any atom is -0.370 e. The maximum atomic E-state index is 6.18. The molecule has 0 spiro atoms. The normalized spacial score (nSPS) is 13.9. The second-order valence-corrected chi connectivity index (χ2v) is 6.83. The fraction of sp³-hybridized carbons (Fsp3) is 0.211. The van der Waals surface area contributed by atoms with Crippen LogP contribution < -0.4 is 5.32 Å². The number of nitrogens with one attached hydrogen (secondary N) is 1. The SMILES string of the molecule is Clc1ccc(-c2nn(-c3cccc(Cl)c3)c3c2CCCCN3)cc1. The first-order chi connectivity index (χ1) is 11.7. The molecule has 1 aromatic heterocycles. The van der Waals surface area contributed by atoms with Crippen molar-refractivity contribution in [1.29, 1.82) is 0 Å². The zero-order chi connectivity index (χ0) is 16.5. The van der Waals surface area contributed by atoms with E-state index in [9.17, 15) is 0 Å². The van der Waals surface area contributed by atoms with E-state index in [1.165, 1.54) is 5.56 Å². The maximum absolute atomic E-state index is 6.18. The zero-order valence-corrected chi connectivity index (χ0v) is 14.6. The summed E-state index contributed by atoms with van der Waals surface area (Å²) >= 11 is 12.2. The molecule has 122 valence electrons. The van der Waals surface area contributed by atoms with Gasteiger partial charge in [0, 0.05) is 27.7 Å². The Morgan fingerprint density at radius 2 is 1.79 bits per heavy atom. The number of anilines is 1. The summed E-state index contributed by atoms with van der Waals surface area (Å²) in [7, 11) is 0. The molecule has 0 unspecified atom stereocenters. The van der Waals surface area contributed by atoms with Crippen molar-refractivity contribution >= 4 is 29.0 Å². The first-order valence-corrected chi connectivity index (χ1v) is 8.85. The highest BCUT2D eigenvalue weighted by Gasteiger charge is 2.21. The predicted octanol–water partition coefficient (Wildman–Crippen LogP) is 5.59. The molecule has 0 saturated heterocycles. The van der Waals surface area contributed by atoms with Gasteiger partial charge in [-0.15, -0.1) is 0 Å². The Morgan fingerprint density at radius 1 is 0.958 bits per heavy atom. The fourth-order valence-corrected chi connectivity index (χ4v) is 3.45. The lowest BCUT2D eigenvalue weighted by Gasteiger charge is -2.09. The summed E-state index contributed by atoms with van der Waals surface area (Å²) in [6, 6.07) is 15.7. The van der Waals surface area contributed by atoms with E-state index in [4.69, 9.17) is 28.3 Å². The standard InChI is InChI=1S/C19H17Cl2N3/c20-14-9-7-13(8-10-14)18-17-6-1-2-11-22-19(17)24(23-18)16-5-3-4-15(21)12-16/h3-5,7-10,12,22H,1-2,6,11H2. The van der Waals surface area contributed by atoms with Crippen LogP contribution in [0.3, 0.4) is 0 Å². The Balaban J connectivity index is 1.90. The van der Waals surface area contributed by atoms with Crippen LogP contribution in [0.15, 0.2) is 48.5 Å². The lowest BCUT2D eigenvalue weighted by Crippen LogP contribution is -2.07. The van der Waals surface area contributed by atoms with E-state index >= 15 is 0 Å². The number of hydrogen-bond donors (Lipinski definition) is 1. The Hall–Kier alpha value is -1.97. The highest BCUT2D eigenvalue weighted by atomic mass is 35.5. The molecule has 4 rings (SSSR count). The topological polar surface area (TPSA) is 29.9 Å². The predicted molar refractivity (Wildman–Crippen MR) is 100 cm³/mol. The Morgan fingerprint density at radius 3 is 2.58 bits per heavy atom. The van der Waals surface area contributed by atoms with Crippen LogP contribution in [0.1, 0.15) is 18.4 Å². The number of aromatic nitrogens is 2. The van der Waals surface area contributed by atoms with E-state index in [-0.39, 0.29) is 0 Å². The number of fused-ring (bicyclic) bond motifs is 1. The highest BCUT2D eigenvalue weighted by Crippen LogP contribution is 2.34. The number of hydrogen-bond acceptors (Lipinski definition) is 2. The molecule has 2 aromatic carbocycles. The van der Waals surface area contributed by atoms with Crippen LogP contribution in [0.25, 0.3) is 16.9 Å². The van der Waals surface area contributed by atoms with Gasteiger partial charge in [0.1, 0.15) is 5.82 Å². The van der Waals surface area contributed by atoms with Crippen molar-refractivity contribution in [2.24, 2.45) is 0 Å². The summed E-state index contributed by atoms with van der Waals surface area (Å²) in [5, 5.41) is 9.88. The van der Waals surface area contributed by atoms with Gasteiger partial charge in [0.2, 0.25) is 0 Å². The molecular weight excluding hydrogens is 341 g/mol. The monoisotopic (exact) mass is 357 g/mol. The highest BCUT2D eigenvalue weighted by molar-refractivity contribution is 6.31. The van der Waals surface area contributed by atoms with E-state index in [0.29, 0.717) is 5.02 Å². The van der Waals surface area contributed by atoms with E-state index in [2.05, 4.69) is 5.32 Å². The summed E-state index contributed by atoms with van der Waals surface area (Å²) in [4.78, 5) is 0. The average molecular weight is 358 g/mol. The van der Waals surface area contributed by atoms with Crippen molar-refractivity contribution in [3.63, 3.8) is 0 Å². The van der Waals surface area contributed by atoms with Crippen molar-refractivity contribution in [3.8, 4) is 16.9 Å². The molecule has 0 radical (unpaired) electrons. The van der Waals surface area contributed by atoms with Gasteiger partial charge in [-0.2, -0.15) is 5.10 Å². The molecule has 1 aliphatic heterocycles. The van der Waals surface area contributed by atoms with Crippen LogP contribution in [0.5, 0.6) is 0 Å². The minimum atomic E-state index is 0.707. The smallest absolute Gasteiger partial charge is 0.133 e. The van der Waals surface area contributed by atoms with E-state index in [1.807, 2.05) is 53.2 Å². The molecule has 24 heavy (non-hydrogen) atoms. The number of benzene rings is 2. The molecule has 1 N–H and O–H groups in total. The Kier molecular flexibility index (Phi) is 4.21. The molecule has 1 aliphatic rings. The van der Waals surface area contributed by atoms with Crippen molar-refractivity contribution in [1.82, 2.24) is 9.78 Å². The number of halogens is 2. The minimum absolute atomic E-state index is 0.707. The molecule has 0 fully saturated rings. The second-order valence-electron chi connectivity index (χ2n) is 5.96. The lowest BCUT2D eigenvalue weighted by molar-refractivity contribution is 0.780. The van der Waals surface area contributed by atoms with E-state index < -0.39 is 0 Å². The molecule has 3 nitrogen and oxygen atoms in total. The van der Waals surface area contributed by atoms with Gasteiger partial charge < -0.3 is 5.32 Å². The van der Waals surface area contributed by atoms with Gasteiger partial charge >= 0.3 is 0 Å². The number of nitrogens with zero attached hydrogens (tertiary/aromatic N) is 2. The van der Waals surface area contributed by atoms with Crippen LogP contribution in [0.2, 0.25) is 10.0 Å². The summed E-state index contributed by atoms with van der Waals surface area (Å²) in [6.07, 6.45) is 3.33. The second kappa shape index (κ2) is 6.50. The maximum Gasteiger partial charge on any atom is 0.133 e. The molecular formula is C19H17Cl2N3. The summed E-state index contributed by atoms with van der Waals surface area (Å²) < 4.78 is 1.97. The molecule has 0 amide bonds. The summed E-state index contributed by atoms with van der Waals surface area (Å²) in [5.74, 6) is 1.07. The van der Waals surface area contributed by atoms with E-state index in [0.717, 1.165) is 53.6 Å². The van der Waals surface area contributed by atoms with Crippen LogP contribution in [-0.4, -0.2) is 16.3 Å². The summed E-state index contributed by atoms with van der Waals surface area (Å²) in [6.45, 7) is 0.958. The van der Waals surface area contributed by atoms with Crippen molar-refractivity contribution in [3.05, 3.63) is 64.1 Å². The van der Waals surface area contributed by atoms with Crippen LogP contribution >= 0.6 is 23.2 Å². The third-order valence-corrected chi connectivity index (χ3v) is 4.79. The number of rotatable bonds is 2. The fourth-order valence-electron chi connectivity index (χ4n) is 3.14. The molecule has 0 saturated carbocycles. The van der Waals surface area contributed by atoms with Gasteiger partial charge in [0.25, 0.3) is 0 Å². The molecule has 5 heteroatoms.